The molecule has 0 saturated carbocycles. The third kappa shape index (κ3) is 62.3. The Kier molecular flexibility index (Phi) is 61.5. The van der Waals surface area contributed by atoms with Gasteiger partial charge in [0, 0.05) is 12.8 Å². The maximum atomic E-state index is 12.3. The smallest absolute Gasteiger partial charge is 0.306 e. The van der Waals surface area contributed by atoms with Gasteiger partial charge in [-0.3, -0.25) is 9.59 Å². The third-order valence-electron chi connectivity index (χ3n) is 13.1. The van der Waals surface area contributed by atoms with Crippen molar-refractivity contribution in [2.75, 3.05) is 13.2 Å². The molecule has 0 saturated heterocycles. The highest BCUT2D eigenvalue weighted by atomic mass is 16.6. The number of allylic oxidation sites excluding steroid dienone is 24. The number of hydrogen-bond acceptors (Lipinski definition) is 5. The molecule has 1 unspecified atom stereocenters. The summed E-state index contributed by atoms with van der Waals surface area (Å²) < 4.78 is 10.7. The van der Waals surface area contributed by atoms with E-state index in [1.165, 1.54) is 122 Å². The zero-order valence-electron chi connectivity index (χ0n) is 49.2. The van der Waals surface area contributed by atoms with Gasteiger partial charge in [-0.05, 0) is 116 Å². The first kappa shape index (κ1) is 71.8. The van der Waals surface area contributed by atoms with Gasteiger partial charge in [-0.1, -0.05) is 288 Å². The first-order chi connectivity index (χ1) is 37.6. The summed E-state index contributed by atoms with van der Waals surface area (Å²) in [7, 11) is 0. The van der Waals surface area contributed by atoms with Crippen molar-refractivity contribution in [3.8, 4) is 0 Å². The topological polar surface area (TPSA) is 72.8 Å². The Labute approximate surface area is 469 Å². The molecule has 0 amide bonds. The molecular formula is C71H116O5. The molecule has 430 valence electrons. The fraction of sp³-hybridized carbons (Fsp3) is 0.634. The lowest BCUT2D eigenvalue weighted by molar-refractivity contribution is -0.161. The minimum atomic E-state index is -0.784. The van der Waals surface area contributed by atoms with Crippen LogP contribution in [0.5, 0.6) is 0 Å². The van der Waals surface area contributed by atoms with Crippen LogP contribution in [0.25, 0.3) is 0 Å². The van der Waals surface area contributed by atoms with Crippen molar-refractivity contribution in [1.29, 1.82) is 0 Å². The maximum Gasteiger partial charge on any atom is 0.306 e. The average Bonchev–Trinajstić information content (AvgIpc) is 3.42. The van der Waals surface area contributed by atoms with Crippen molar-refractivity contribution < 1.29 is 24.2 Å². The highest BCUT2D eigenvalue weighted by Gasteiger charge is 2.16. The van der Waals surface area contributed by atoms with Crippen LogP contribution in [-0.2, 0) is 19.1 Å². The van der Waals surface area contributed by atoms with Crippen molar-refractivity contribution in [2.45, 2.75) is 277 Å². The van der Waals surface area contributed by atoms with E-state index >= 15 is 0 Å². The molecule has 0 radical (unpaired) electrons. The summed E-state index contributed by atoms with van der Waals surface area (Å²) in [6, 6.07) is 0. The van der Waals surface area contributed by atoms with Crippen molar-refractivity contribution >= 4 is 11.9 Å². The van der Waals surface area contributed by atoms with E-state index in [0.717, 1.165) is 122 Å². The normalized spacial score (nSPS) is 13.2. The number of rotatable bonds is 56. The first-order valence-corrected chi connectivity index (χ1v) is 31.4. The Morgan fingerprint density at radius 1 is 0.303 bits per heavy atom. The van der Waals surface area contributed by atoms with Crippen molar-refractivity contribution in [3.05, 3.63) is 146 Å². The molecule has 0 heterocycles. The summed E-state index contributed by atoms with van der Waals surface area (Å²) in [4.78, 5) is 24.6. The molecule has 0 spiro atoms. The number of aliphatic hydroxyl groups excluding tert-OH is 1. The standard InChI is InChI=1S/C71H116O5/c1-3-5-7-9-11-13-15-17-19-21-23-25-26-27-28-29-30-31-32-33-34-35-36-37-38-39-40-41-42-43-44-46-48-50-52-54-56-58-60-62-64-66-71(74)76-69(67-72)68-75-70(73)65-63-61-59-57-55-53-51-49-47-45-24-22-20-18-16-14-12-10-8-6-4-2/h5-8,11-14,17-20,23-25,27-28,30-31,33-34,36-37,45,69,72H,3-4,9-10,15-16,21-22,26,29,32,35,38-44,46-68H2,1-2H3/b7-5-,8-6-,13-11-,14-12-,19-17-,20-18-,25-23-,28-27-,31-30-,34-33-,37-36-,45-24-. The molecule has 0 rings (SSSR count). The predicted molar refractivity (Wildman–Crippen MR) is 334 cm³/mol. The summed E-state index contributed by atoms with van der Waals surface area (Å²) in [5, 5.41) is 9.67. The van der Waals surface area contributed by atoms with Gasteiger partial charge in [-0.15, -0.1) is 0 Å². The summed E-state index contributed by atoms with van der Waals surface area (Å²) in [6.07, 6.45) is 98.4. The second-order valence-electron chi connectivity index (χ2n) is 20.4. The molecule has 0 aliphatic heterocycles. The molecule has 0 aliphatic rings. The van der Waals surface area contributed by atoms with Crippen LogP contribution in [0.3, 0.4) is 0 Å². The first-order valence-electron chi connectivity index (χ1n) is 31.4. The van der Waals surface area contributed by atoms with E-state index in [4.69, 9.17) is 9.47 Å². The molecule has 5 heteroatoms. The van der Waals surface area contributed by atoms with Crippen molar-refractivity contribution in [3.63, 3.8) is 0 Å². The molecule has 76 heavy (non-hydrogen) atoms. The lowest BCUT2D eigenvalue weighted by atomic mass is 10.0. The zero-order chi connectivity index (χ0) is 54.8. The van der Waals surface area contributed by atoms with Gasteiger partial charge in [0.2, 0.25) is 0 Å². The van der Waals surface area contributed by atoms with Gasteiger partial charge >= 0.3 is 11.9 Å². The summed E-state index contributed by atoms with van der Waals surface area (Å²) in [5.41, 5.74) is 0. The van der Waals surface area contributed by atoms with Crippen LogP contribution in [0.4, 0.5) is 0 Å². The van der Waals surface area contributed by atoms with E-state index in [1.807, 2.05) is 0 Å². The number of ether oxygens (including phenoxy) is 2. The number of carbonyl (C=O) groups is 2. The second kappa shape index (κ2) is 65.1. The van der Waals surface area contributed by atoms with E-state index in [0.29, 0.717) is 12.8 Å². The molecule has 1 N–H and O–H groups in total. The molecular weight excluding hydrogens is 933 g/mol. The van der Waals surface area contributed by atoms with Gasteiger partial charge in [0.15, 0.2) is 6.10 Å². The van der Waals surface area contributed by atoms with Crippen LogP contribution in [0.2, 0.25) is 0 Å². The van der Waals surface area contributed by atoms with E-state index in [9.17, 15) is 14.7 Å². The number of unbranched alkanes of at least 4 members (excludes halogenated alkanes) is 24. The Balaban J connectivity index is 3.52. The quantitative estimate of drug-likeness (QED) is 0.0373. The lowest BCUT2D eigenvalue weighted by Gasteiger charge is -2.15. The summed E-state index contributed by atoms with van der Waals surface area (Å²) in [6.45, 7) is 3.91. The van der Waals surface area contributed by atoms with Gasteiger partial charge in [0.1, 0.15) is 6.61 Å². The zero-order valence-corrected chi connectivity index (χ0v) is 49.2. The van der Waals surface area contributed by atoms with Crippen LogP contribution < -0.4 is 0 Å². The highest BCUT2D eigenvalue weighted by Crippen LogP contribution is 2.16. The van der Waals surface area contributed by atoms with Crippen LogP contribution in [0.1, 0.15) is 271 Å². The number of hydrogen-bond donors (Lipinski definition) is 1. The number of carbonyl (C=O) groups excluding carboxylic acids is 2. The Hall–Kier alpha value is -4.22. The monoisotopic (exact) mass is 1050 g/mol. The van der Waals surface area contributed by atoms with Crippen LogP contribution in [-0.4, -0.2) is 36.4 Å². The molecule has 0 aliphatic carbocycles. The van der Waals surface area contributed by atoms with E-state index in [-0.39, 0.29) is 25.2 Å². The van der Waals surface area contributed by atoms with Crippen LogP contribution >= 0.6 is 0 Å². The molecule has 0 aromatic heterocycles. The number of esters is 2. The Morgan fingerprint density at radius 3 is 0.789 bits per heavy atom. The second-order valence-corrected chi connectivity index (χ2v) is 20.4. The minimum absolute atomic E-state index is 0.0756. The molecule has 0 bridgehead atoms. The highest BCUT2D eigenvalue weighted by molar-refractivity contribution is 5.70. The van der Waals surface area contributed by atoms with E-state index in [2.05, 4.69) is 160 Å². The third-order valence-corrected chi connectivity index (χ3v) is 13.1. The van der Waals surface area contributed by atoms with Gasteiger partial charge in [-0.25, -0.2) is 0 Å². The predicted octanol–water partition coefficient (Wildman–Crippen LogP) is 21.8. The van der Waals surface area contributed by atoms with Crippen LogP contribution in [0.15, 0.2) is 146 Å². The molecule has 0 fully saturated rings. The Morgan fingerprint density at radius 2 is 0.526 bits per heavy atom. The molecule has 5 nitrogen and oxygen atoms in total. The van der Waals surface area contributed by atoms with Gasteiger partial charge in [0.05, 0.1) is 6.61 Å². The fourth-order valence-corrected chi connectivity index (χ4v) is 8.50. The number of aliphatic hydroxyl groups is 1. The van der Waals surface area contributed by atoms with Crippen molar-refractivity contribution in [1.82, 2.24) is 0 Å². The summed E-state index contributed by atoms with van der Waals surface area (Å²) >= 11 is 0. The SMILES string of the molecule is CC/C=C\C/C=C\C/C=C\C/C=C\C/C=C\C/C=C\C/C=C\C/C=C\CCCCCCCCCCCCCCCCCCC(=O)OC(CO)COC(=O)CCCCCCCCCC/C=C\C/C=C\C/C=C\C/C=C\CC. The van der Waals surface area contributed by atoms with Gasteiger partial charge in [0.25, 0.3) is 0 Å². The lowest BCUT2D eigenvalue weighted by Crippen LogP contribution is -2.28. The molecule has 0 aromatic rings. The maximum absolute atomic E-state index is 12.3. The minimum Gasteiger partial charge on any atom is -0.462 e. The van der Waals surface area contributed by atoms with E-state index in [1.54, 1.807) is 0 Å². The largest absolute Gasteiger partial charge is 0.462 e. The molecule has 0 aromatic carbocycles. The van der Waals surface area contributed by atoms with Crippen molar-refractivity contribution in [2.24, 2.45) is 0 Å². The fourth-order valence-electron chi connectivity index (χ4n) is 8.50. The average molecular weight is 1050 g/mol. The molecule has 1 atom stereocenters. The van der Waals surface area contributed by atoms with E-state index < -0.39 is 6.10 Å². The van der Waals surface area contributed by atoms with Gasteiger partial charge < -0.3 is 14.6 Å². The van der Waals surface area contributed by atoms with Gasteiger partial charge in [-0.2, -0.15) is 0 Å². The van der Waals surface area contributed by atoms with Crippen LogP contribution in [0, 0.1) is 0 Å². The summed E-state index contributed by atoms with van der Waals surface area (Å²) in [5.74, 6) is -0.601. The Bertz CT molecular complexity index is 1610.